The van der Waals surface area contributed by atoms with Gasteiger partial charge in [0, 0.05) is 19.7 Å². The number of hydrogen-bond donors (Lipinski definition) is 1. The van der Waals surface area contributed by atoms with Gasteiger partial charge < -0.3 is 5.32 Å². The molecular formula is C14H14BrN3O3S. The van der Waals surface area contributed by atoms with Crippen LogP contribution < -0.4 is 5.32 Å². The number of aromatic nitrogens is 1. The molecule has 116 valence electrons. The van der Waals surface area contributed by atoms with Crippen molar-refractivity contribution in [3.63, 3.8) is 0 Å². The summed E-state index contributed by atoms with van der Waals surface area (Å²) in [5.41, 5.74) is 0.778. The average Bonchev–Trinajstić information content (AvgIpc) is 2.49. The second-order valence-corrected chi connectivity index (χ2v) is 7.60. The van der Waals surface area contributed by atoms with Crippen molar-refractivity contribution in [2.24, 2.45) is 0 Å². The van der Waals surface area contributed by atoms with Gasteiger partial charge in [-0.15, -0.1) is 0 Å². The summed E-state index contributed by atoms with van der Waals surface area (Å²) in [4.78, 5) is 16.3. The van der Waals surface area contributed by atoms with Gasteiger partial charge in [-0.2, -0.15) is 0 Å². The molecule has 0 aliphatic rings. The molecule has 6 nitrogen and oxygen atoms in total. The van der Waals surface area contributed by atoms with Gasteiger partial charge in [0.15, 0.2) is 0 Å². The highest BCUT2D eigenvalue weighted by atomic mass is 79.9. The van der Waals surface area contributed by atoms with E-state index in [1.165, 1.54) is 38.5 Å². The van der Waals surface area contributed by atoms with E-state index in [0.717, 1.165) is 4.31 Å². The zero-order valence-electron chi connectivity index (χ0n) is 11.9. The second-order valence-electron chi connectivity index (χ2n) is 4.64. The Morgan fingerprint density at radius 1 is 1.23 bits per heavy atom. The van der Waals surface area contributed by atoms with E-state index < -0.39 is 15.9 Å². The molecule has 0 saturated heterocycles. The van der Waals surface area contributed by atoms with Crippen molar-refractivity contribution < 1.29 is 13.2 Å². The number of nitrogens with one attached hydrogen (secondary N) is 1. The van der Waals surface area contributed by atoms with Gasteiger partial charge in [-0.3, -0.25) is 4.79 Å². The minimum Gasteiger partial charge on any atom is -0.321 e. The van der Waals surface area contributed by atoms with E-state index in [1.807, 2.05) is 0 Å². The van der Waals surface area contributed by atoms with Gasteiger partial charge in [-0.25, -0.2) is 17.7 Å². The van der Waals surface area contributed by atoms with E-state index in [1.54, 1.807) is 18.2 Å². The van der Waals surface area contributed by atoms with Gasteiger partial charge >= 0.3 is 0 Å². The lowest BCUT2D eigenvalue weighted by atomic mass is 10.2. The van der Waals surface area contributed by atoms with Crippen LogP contribution in [0.25, 0.3) is 0 Å². The summed E-state index contributed by atoms with van der Waals surface area (Å²) < 4.78 is 25.9. The SMILES string of the molecule is CN(C)S(=O)(=O)c1cccc(C(=O)Nc2ccc(Br)nc2)c1. The van der Waals surface area contributed by atoms with Crippen LogP contribution in [0.15, 0.2) is 52.1 Å². The van der Waals surface area contributed by atoms with Crippen LogP contribution in [0.2, 0.25) is 0 Å². The molecule has 0 fully saturated rings. The Morgan fingerprint density at radius 2 is 1.95 bits per heavy atom. The van der Waals surface area contributed by atoms with E-state index in [2.05, 4.69) is 26.2 Å². The molecule has 1 aromatic heterocycles. The van der Waals surface area contributed by atoms with Crippen LogP contribution >= 0.6 is 15.9 Å². The predicted molar refractivity (Wildman–Crippen MR) is 87.2 cm³/mol. The highest BCUT2D eigenvalue weighted by Gasteiger charge is 2.18. The first-order chi connectivity index (χ1) is 10.3. The third-order valence-electron chi connectivity index (χ3n) is 2.86. The molecule has 2 aromatic rings. The Morgan fingerprint density at radius 3 is 2.55 bits per heavy atom. The Kier molecular flexibility index (Phi) is 4.94. The number of rotatable bonds is 4. The third-order valence-corrected chi connectivity index (χ3v) is 5.14. The first-order valence-corrected chi connectivity index (χ1v) is 8.49. The predicted octanol–water partition coefficient (Wildman–Crippen LogP) is 2.35. The van der Waals surface area contributed by atoms with Crippen LogP contribution in [-0.4, -0.2) is 37.7 Å². The summed E-state index contributed by atoms with van der Waals surface area (Å²) in [7, 11) is -0.696. The normalized spacial score (nSPS) is 11.5. The molecule has 1 aromatic carbocycles. The summed E-state index contributed by atoms with van der Waals surface area (Å²) in [6.45, 7) is 0. The molecule has 22 heavy (non-hydrogen) atoms. The minimum absolute atomic E-state index is 0.0686. The van der Waals surface area contributed by atoms with Crippen molar-refractivity contribution in [3.05, 3.63) is 52.8 Å². The van der Waals surface area contributed by atoms with Crippen LogP contribution in [0.3, 0.4) is 0 Å². The molecular weight excluding hydrogens is 370 g/mol. The first kappa shape index (κ1) is 16.6. The number of sulfonamides is 1. The summed E-state index contributed by atoms with van der Waals surface area (Å²) in [5, 5.41) is 2.66. The van der Waals surface area contributed by atoms with E-state index >= 15 is 0 Å². The number of anilines is 1. The van der Waals surface area contributed by atoms with Crippen molar-refractivity contribution in [3.8, 4) is 0 Å². The highest BCUT2D eigenvalue weighted by Crippen LogP contribution is 2.16. The molecule has 8 heteroatoms. The van der Waals surface area contributed by atoms with Crippen LogP contribution in [0.1, 0.15) is 10.4 Å². The molecule has 0 aliphatic heterocycles. The van der Waals surface area contributed by atoms with Gasteiger partial charge in [0.1, 0.15) is 4.60 Å². The summed E-state index contributed by atoms with van der Waals surface area (Å²) in [6.07, 6.45) is 1.50. The maximum Gasteiger partial charge on any atom is 0.255 e. The number of hydrogen-bond acceptors (Lipinski definition) is 4. The molecule has 0 aliphatic carbocycles. The van der Waals surface area contributed by atoms with E-state index in [4.69, 9.17) is 0 Å². The van der Waals surface area contributed by atoms with Crippen LogP contribution in [-0.2, 0) is 10.0 Å². The average molecular weight is 384 g/mol. The van der Waals surface area contributed by atoms with Crippen LogP contribution in [0.5, 0.6) is 0 Å². The number of benzene rings is 1. The number of carbonyl (C=O) groups excluding carboxylic acids is 1. The largest absolute Gasteiger partial charge is 0.321 e. The van der Waals surface area contributed by atoms with E-state index in [9.17, 15) is 13.2 Å². The van der Waals surface area contributed by atoms with Crippen molar-refractivity contribution in [1.82, 2.24) is 9.29 Å². The highest BCUT2D eigenvalue weighted by molar-refractivity contribution is 9.10. The molecule has 0 spiro atoms. The van der Waals surface area contributed by atoms with Crippen LogP contribution in [0.4, 0.5) is 5.69 Å². The Bertz CT molecular complexity index is 789. The Balaban J connectivity index is 2.26. The number of nitrogens with zero attached hydrogens (tertiary/aromatic N) is 2. The van der Waals surface area contributed by atoms with Gasteiger partial charge in [0.2, 0.25) is 10.0 Å². The minimum atomic E-state index is -3.58. The second kappa shape index (κ2) is 6.55. The third kappa shape index (κ3) is 3.70. The lowest BCUT2D eigenvalue weighted by Gasteiger charge is -2.12. The molecule has 1 amide bonds. The summed E-state index contributed by atoms with van der Waals surface area (Å²) >= 11 is 3.21. The monoisotopic (exact) mass is 383 g/mol. The van der Waals surface area contributed by atoms with Gasteiger partial charge in [-0.1, -0.05) is 6.07 Å². The smallest absolute Gasteiger partial charge is 0.255 e. The zero-order valence-corrected chi connectivity index (χ0v) is 14.3. The Labute approximate surface area is 137 Å². The van der Waals surface area contributed by atoms with Crippen molar-refractivity contribution >= 4 is 37.5 Å². The maximum absolute atomic E-state index is 12.2. The number of pyridine rings is 1. The topological polar surface area (TPSA) is 79.4 Å². The standard InChI is InChI=1S/C14H14BrN3O3S/c1-18(2)22(20,21)12-5-3-4-10(8-12)14(19)17-11-6-7-13(15)16-9-11/h3-9H,1-2H3,(H,17,19). The fraction of sp³-hybridized carbons (Fsp3) is 0.143. The van der Waals surface area contributed by atoms with Crippen molar-refractivity contribution in [1.29, 1.82) is 0 Å². The zero-order chi connectivity index (χ0) is 16.3. The molecule has 0 unspecified atom stereocenters. The molecule has 2 rings (SSSR count). The van der Waals surface area contributed by atoms with Crippen molar-refractivity contribution in [2.75, 3.05) is 19.4 Å². The molecule has 0 saturated carbocycles. The Hall–Kier alpha value is -1.77. The molecule has 0 bridgehead atoms. The number of carbonyl (C=O) groups is 1. The first-order valence-electron chi connectivity index (χ1n) is 6.26. The molecule has 1 N–H and O–H groups in total. The number of halogens is 1. The molecule has 0 radical (unpaired) electrons. The van der Waals surface area contributed by atoms with E-state index in [0.29, 0.717) is 10.3 Å². The van der Waals surface area contributed by atoms with Gasteiger partial charge in [-0.05, 0) is 46.3 Å². The fourth-order valence-electron chi connectivity index (χ4n) is 1.66. The van der Waals surface area contributed by atoms with Crippen LogP contribution in [0, 0.1) is 0 Å². The summed E-state index contributed by atoms with van der Waals surface area (Å²) in [5.74, 6) is -0.403. The van der Waals surface area contributed by atoms with E-state index in [-0.39, 0.29) is 10.5 Å². The lowest BCUT2D eigenvalue weighted by Crippen LogP contribution is -2.22. The van der Waals surface area contributed by atoms with Crippen molar-refractivity contribution in [2.45, 2.75) is 4.90 Å². The van der Waals surface area contributed by atoms with Gasteiger partial charge in [0.05, 0.1) is 16.8 Å². The maximum atomic E-state index is 12.2. The molecule has 0 atom stereocenters. The molecule has 1 heterocycles. The quantitative estimate of drug-likeness (QED) is 0.821. The number of amides is 1. The van der Waals surface area contributed by atoms with Gasteiger partial charge in [0.25, 0.3) is 5.91 Å². The lowest BCUT2D eigenvalue weighted by molar-refractivity contribution is 0.102. The summed E-state index contributed by atoms with van der Waals surface area (Å²) in [6, 6.07) is 9.27. The fourth-order valence-corrected chi connectivity index (χ4v) is 2.84.